The highest BCUT2D eigenvalue weighted by Crippen LogP contribution is 2.34. The number of benzene rings is 3. The highest BCUT2D eigenvalue weighted by atomic mass is 35.5. The third-order valence-corrected chi connectivity index (χ3v) is 6.00. The van der Waals surface area contributed by atoms with Crippen molar-refractivity contribution in [1.29, 1.82) is 0 Å². The fraction of sp³-hybridized carbons (Fsp3) is 0. The maximum atomic E-state index is 12.7. The molecule has 1 aromatic heterocycles. The van der Waals surface area contributed by atoms with Crippen molar-refractivity contribution >= 4 is 50.7 Å². The summed E-state index contributed by atoms with van der Waals surface area (Å²) in [7, 11) is 0. The minimum atomic E-state index is -0.322. The molecule has 0 aliphatic heterocycles. The van der Waals surface area contributed by atoms with E-state index in [0.29, 0.717) is 15.6 Å². The van der Waals surface area contributed by atoms with Crippen LogP contribution in [0.4, 0.5) is 0 Å². The van der Waals surface area contributed by atoms with Gasteiger partial charge in [-0.25, -0.2) is 5.43 Å². The van der Waals surface area contributed by atoms with Gasteiger partial charge in [-0.15, -0.1) is 11.3 Å². The SMILES string of the molecule is O=C(N/N=C(\C=C/c1ccccc1)c1ccccc1)c1sc2ccccc2c1Cl. The van der Waals surface area contributed by atoms with Crippen LogP contribution >= 0.6 is 22.9 Å². The van der Waals surface area contributed by atoms with Gasteiger partial charge in [-0.2, -0.15) is 5.10 Å². The number of rotatable bonds is 5. The normalized spacial score (nSPS) is 11.8. The molecule has 0 radical (unpaired) electrons. The number of fused-ring (bicyclic) bond motifs is 1. The van der Waals surface area contributed by atoms with Crippen LogP contribution in [0.3, 0.4) is 0 Å². The summed E-state index contributed by atoms with van der Waals surface area (Å²) in [5, 5.41) is 5.71. The summed E-state index contributed by atoms with van der Waals surface area (Å²) < 4.78 is 0.971. The summed E-state index contributed by atoms with van der Waals surface area (Å²) in [6.45, 7) is 0. The lowest BCUT2D eigenvalue weighted by Crippen LogP contribution is -2.18. The van der Waals surface area contributed by atoms with Crippen molar-refractivity contribution in [2.45, 2.75) is 0 Å². The zero-order chi connectivity index (χ0) is 20.1. The number of hydrazone groups is 1. The maximum Gasteiger partial charge on any atom is 0.283 e. The van der Waals surface area contributed by atoms with E-state index in [0.717, 1.165) is 21.2 Å². The van der Waals surface area contributed by atoms with E-state index >= 15 is 0 Å². The molecule has 0 aliphatic rings. The molecule has 0 bridgehead atoms. The topological polar surface area (TPSA) is 41.5 Å². The monoisotopic (exact) mass is 416 g/mol. The third kappa shape index (κ3) is 4.45. The van der Waals surface area contributed by atoms with E-state index < -0.39 is 0 Å². The summed E-state index contributed by atoms with van der Waals surface area (Å²) in [4.78, 5) is 13.2. The van der Waals surface area contributed by atoms with E-state index in [1.54, 1.807) is 0 Å². The third-order valence-electron chi connectivity index (χ3n) is 4.32. The maximum absolute atomic E-state index is 12.7. The Balaban J connectivity index is 1.62. The van der Waals surface area contributed by atoms with Crippen molar-refractivity contribution in [3.63, 3.8) is 0 Å². The molecule has 0 aliphatic carbocycles. The molecule has 0 spiro atoms. The molecular formula is C24H17ClN2OS. The molecule has 4 rings (SSSR count). The zero-order valence-corrected chi connectivity index (χ0v) is 17.0. The van der Waals surface area contributed by atoms with E-state index in [-0.39, 0.29) is 5.91 Å². The summed E-state index contributed by atoms with van der Waals surface area (Å²) in [6, 6.07) is 27.3. The molecule has 1 heterocycles. The van der Waals surface area contributed by atoms with Gasteiger partial charge < -0.3 is 0 Å². The molecule has 0 atom stereocenters. The largest absolute Gasteiger partial charge is 0.283 e. The van der Waals surface area contributed by atoms with Crippen LogP contribution in [-0.4, -0.2) is 11.6 Å². The predicted octanol–water partition coefficient (Wildman–Crippen LogP) is 6.40. The Labute approximate surface area is 178 Å². The summed E-state index contributed by atoms with van der Waals surface area (Å²) in [5.74, 6) is -0.322. The first kappa shape index (κ1) is 19.1. The summed E-state index contributed by atoms with van der Waals surface area (Å²) in [6.07, 6.45) is 3.85. The van der Waals surface area contributed by atoms with E-state index in [1.807, 2.05) is 97.1 Å². The van der Waals surface area contributed by atoms with Crippen molar-refractivity contribution in [2.75, 3.05) is 0 Å². The first-order valence-corrected chi connectivity index (χ1v) is 10.3. The minimum Gasteiger partial charge on any atom is -0.266 e. The predicted molar refractivity (Wildman–Crippen MR) is 123 cm³/mol. The van der Waals surface area contributed by atoms with Crippen LogP contribution < -0.4 is 5.43 Å². The number of nitrogens with zero attached hydrogens (tertiary/aromatic N) is 1. The van der Waals surface area contributed by atoms with Gasteiger partial charge in [0.1, 0.15) is 4.88 Å². The van der Waals surface area contributed by atoms with Gasteiger partial charge in [0.25, 0.3) is 5.91 Å². The van der Waals surface area contributed by atoms with E-state index in [4.69, 9.17) is 11.6 Å². The van der Waals surface area contributed by atoms with Crippen LogP contribution in [0, 0.1) is 0 Å². The standard InChI is InChI=1S/C24H17ClN2OS/c25-22-19-13-7-8-14-21(19)29-23(22)24(28)27-26-20(18-11-5-2-6-12-18)16-15-17-9-3-1-4-10-17/h1-16H,(H,27,28)/b16-15-,26-20+. The number of nitrogens with one attached hydrogen (secondary N) is 1. The molecule has 3 nitrogen and oxygen atoms in total. The lowest BCUT2D eigenvalue weighted by atomic mass is 10.1. The van der Waals surface area contributed by atoms with Crippen molar-refractivity contribution in [3.8, 4) is 0 Å². The van der Waals surface area contributed by atoms with Crippen LogP contribution in [0.25, 0.3) is 16.2 Å². The van der Waals surface area contributed by atoms with Gasteiger partial charge in [0.2, 0.25) is 0 Å². The first-order chi connectivity index (χ1) is 14.2. The first-order valence-electron chi connectivity index (χ1n) is 9.06. The minimum absolute atomic E-state index is 0.322. The van der Waals surface area contributed by atoms with Gasteiger partial charge >= 0.3 is 0 Å². The fourth-order valence-corrected chi connectivity index (χ4v) is 4.27. The van der Waals surface area contributed by atoms with Crippen molar-refractivity contribution < 1.29 is 4.79 Å². The number of amides is 1. The summed E-state index contributed by atoms with van der Waals surface area (Å²) >= 11 is 7.77. The van der Waals surface area contributed by atoms with Gasteiger partial charge in [-0.05, 0) is 17.7 Å². The van der Waals surface area contributed by atoms with Gasteiger partial charge in [0.05, 0.1) is 10.7 Å². The number of hydrogen-bond donors (Lipinski definition) is 1. The quantitative estimate of drug-likeness (QED) is 0.296. The Morgan fingerprint density at radius 1 is 0.897 bits per heavy atom. The molecule has 1 N–H and O–H groups in total. The number of carbonyl (C=O) groups is 1. The van der Waals surface area contributed by atoms with E-state index in [1.165, 1.54) is 11.3 Å². The van der Waals surface area contributed by atoms with Crippen LogP contribution in [0.2, 0.25) is 5.02 Å². The van der Waals surface area contributed by atoms with Crippen molar-refractivity contribution in [2.24, 2.45) is 5.10 Å². The van der Waals surface area contributed by atoms with Gasteiger partial charge in [-0.1, -0.05) is 96.5 Å². The number of hydrogen-bond acceptors (Lipinski definition) is 3. The smallest absolute Gasteiger partial charge is 0.266 e. The molecule has 29 heavy (non-hydrogen) atoms. The second-order valence-corrected chi connectivity index (χ2v) is 7.72. The van der Waals surface area contributed by atoms with Gasteiger partial charge in [0, 0.05) is 15.6 Å². The zero-order valence-electron chi connectivity index (χ0n) is 15.4. The molecule has 0 fully saturated rings. The number of halogens is 1. The van der Waals surface area contributed by atoms with E-state index in [9.17, 15) is 4.79 Å². The Morgan fingerprint density at radius 3 is 2.28 bits per heavy atom. The molecule has 3 aromatic carbocycles. The molecular weight excluding hydrogens is 400 g/mol. The lowest BCUT2D eigenvalue weighted by Gasteiger charge is -2.04. The van der Waals surface area contributed by atoms with Crippen molar-refractivity contribution in [1.82, 2.24) is 5.43 Å². The van der Waals surface area contributed by atoms with Crippen LogP contribution in [-0.2, 0) is 0 Å². The Morgan fingerprint density at radius 2 is 1.55 bits per heavy atom. The highest BCUT2D eigenvalue weighted by molar-refractivity contribution is 7.21. The molecule has 0 saturated heterocycles. The molecule has 0 saturated carbocycles. The molecule has 1 amide bonds. The molecule has 4 aromatic rings. The Bertz CT molecular complexity index is 1200. The Kier molecular flexibility index (Phi) is 5.84. The van der Waals surface area contributed by atoms with Crippen LogP contribution in [0.5, 0.6) is 0 Å². The Hall–Kier alpha value is -3.21. The number of thiophene rings is 1. The number of carbonyl (C=O) groups excluding carboxylic acids is 1. The second-order valence-electron chi connectivity index (χ2n) is 6.29. The number of allylic oxidation sites excluding steroid dienone is 1. The van der Waals surface area contributed by atoms with Crippen LogP contribution in [0.15, 0.2) is 96.1 Å². The average Bonchev–Trinajstić information content (AvgIpc) is 3.12. The molecule has 142 valence electrons. The highest BCUT2D eigenvalue weighted by Gasteiger charge is 2.16. The fourth-order valence-electron chi connectivity index (χ4n) is 2.87. The summed E-state index contributed by atoms with van der Waals surface area (Å²) in [5.41, 5.74) is 5.27. The second kappa shape index (κ2) is 8.86. The van der Waals surface area contributed by atoms with Crippen molar-refractivity contribution in [3.05, 3.63) is 112 Å². The molecule has 0 unspecified atom stereocenters. The molecule has 5 heteroatoms. The van der Waals surface area contributed by atoms with Gasteiger partial charge in [0.15, 0.2) is 0 Å². The lowest BCUT2D eigenvalue weighted by molar-refractivity contribution is 0.0959. The van der Waals surface area contributed by atoms with Gasteiger partial charge in [-0.3, -0.25) is 4.79 Å². The average molecular weight is 417 g/mol. The van der Waals surface area contributed by atoms with E-state index in [2.05, 4.69) is 10.5 Å². The van der Waals surface area contributed by atoms with Crippen LogP contribution in [0.1, 0.15) is 20.8 Å².